The van der Waals surface area contributed by atoms with Gasteiger partial charge in [-0.3, -0.25) is 9.58 Å². The molecule has 7 heteroatoms. The van der Waals surface area contributed by atoms with E-state index in [4.69, 9.17) is 4.74 Å². The Kier molecular flexibility index (Phi) is 4.96. The minimum absolute atomic E-state index is 0.270. The molecule has 7 nitrogen and oxygen atoms in total. The highest BCUT2D eigenvalue weighted by Crippen LogP contribution is 2.10. The van der Waals surface area contributed by atoms with Gasteiger partial charge in [-0.2, -0.15) is 10.2 Å². The van der Waals surface area contributed by atoms with Crippen LogP contribution < -0.4 is 0 Å². The first-order valence-electron chi connectivity index (χ1n) is 8.16. The summed E-state index contributed by atoms with van der Waals surface area (Å²) in [7, 11) is 1.76. The summed E-state index contributed by atoms with van der Waals surface area (Å²) in [6.45, 7) is 5.14. The van der Waals surface area contributed by atoms with Crippen molar-refractivity contribution in [1.29, 1.82) is 0 Å². The molecular formula is C17H21N5O2. The average molecular weight is 327 g/mol. The molecule has 1 aliphatic heterocycles. The summed E-state index contributed by atoms with van der Waals surface area (Å²) in [6, 6.07) is 3.51. The van der Waals surface area contributed by atoms with E-state index >= 15 is 0 Å². The summed E-state index contributed by atoms with van der Waals surface area (Å²) in [5, 5.41) is 8.60. The van der Waals surface area contributed by atoms with Crippen LogP contribution >= 0.6 is 0 Å². The molecule has 0 unspecified atom stereocenters. The van der Waals surface area contributed by atoms with Crippen LogP contribution in [0.4, 0.5) is 0 Å². The van der Waals surface area contributed by atoms with Crippen LogP contribution in [0.5, 0.6) is 0 Å². The Morgan fingerprint density at radius 3 is 2.88 bits per heavy atom. The summed E-state index contributed by atoms with van der Waals surface area (Å²) in [5.41, 5.74) is 0.972. The van der Waals surface area contributed by atoms with Gasteiger partial charge in [0.25, 0.3) is 0 Å². The molecule has 0 amide bonds. The number of aryl methyl sites for hydroxylation is 1. The fourth-order valence-corrected chi connectivity index (χ4v) is 2.68. The number of hydrogen-bond donors (Lipinski definition) is 0. The third-order valence-corrected chi connectivity index (χ3v) is 3.88. The van der Waals surface area contributed by atoms with Gasteiger partial charge in [-0.05, 0) is 44.8 Å². The van der Waals surface area contributed by atoms with E-state index in [2.05, 4.69) is 26.9 Å². The number of aromatic nitrogens is 4. The van der Waals surface area contributed by atoms with E-state index in [-0.39, 0.29) is 5.69 Å². The molecule has 0 N–H and O–H groups in total. The van der Waals surface area contributed by atoms with Gasteiger partial charge in [0.1, 0.15) is 5.69 Å². The minimum atomic E-state index is -0.433. The van der Waals surface area contributed by atoms with E-state index in [0.717, 1.165) is 19.6 Å². The molecule has 126 valence electrons. The third kappa shape index (κ3) is 3.66. The van der Waals surface area contributed by atoms with Gasteiger partial charge in [-0.1, -0.05) is 5.92 Å². The van der Waals surface area contributed by atoms with Crippen LogP contribution in [-0.4, -0.2) is 56.7 Å². The smallest absolute Gasteiger partial charge is 0.358 e. The Labute approximate surface area is 141 Å². The van der Waals surface area contributed by atoms with Crippen LogP contribution in [0.15, 0.2) is 18.3 Å². The minimum Gasteiger partial charge on any atom is -0.461 e. The van der Waals surface area contributed by atoms with Crippen molar-refractivity contribution in [3.05, 3.63) is 29.7 Å². The first-order valence-corrected chi connectivity index (χ1v) is 8.16. The molecule has 0 spiro atoms. The van der Waals surface area contributed by atoms with E-state index < -0.39 is 5.97 Å². The van der Waals surface area contributed by atoms with Crippen LogP contribution in [0.25, 0.3) is 5.82 Å². The maximum Gasteiger partial charge on any atom is 0.358 e. The lowest BCUT2D eigenvalue weighted by atomic mass is 10.4. The van der Waals surface area contributed by atoms with E-state index in [1.54, 1.807) is 29.4 Å². The number of carbonyl (C=O) groups is 1. The van der Waals surface area contributed by atoms with Gasteiger partial charge in [0.05, 0.1) is 13.2 Å². The number of carbonyl (C=O) groups excluding carboxylic acids is 1. The fraction of sp³-hybridized carbons (Fsp3) is 0.471. The summed E-state index contributed by atoms with van der Waals surface area (Å²) in [4.78, 5) is 14.1. The predicted octanol–water partition coefficient (Wildman–Crippen LogP) is 1.23. The van der Waals surface area contributed by atoms with E-state index in [0.29, 0.717) is 18.1 Å². The fourth-order valence-electron chi connectivity index (χ4n) is 2.68. The average Bonchev–Trinajstić information content (AvgIpc) is 3.28. The molecule has 3 rings (SSSR count). The number of likely N-dealkylation sites (tertiary alicyclic amines) is 1. The Morgan fingerprint density at radius 1 is 1.33 bits per heavy atom. The quantitative estimate of drug-likeness (QED) is 0.624. The maximum atomic E-state index is 11.8. The van der Waals surface area contributed by atoms with Crippen molar-refractivity contribution in [3.8, 4) is 17.7 Å². The Morgan fingerprint density at radius 2 is 2.12 bits per heavy atom. The number of rotatable bonds is 4. The normalized spacial score (nSPS) is 14.4. The molecule has 24 heavy (non-hydrogen) atoms. The molecule has 1 aliphatic rings. The summed E-state index contributed by atoms with van der Waals surface area (Å²) in [5.74, 6) is 6.51. The molecule has 0 aliphatic carbocycles. The summed E-state index contributed by atoms with van der Waals surface area (Å²) >= 11 is 0. The van der Waals surface area contributed by atoms with Crippen LogP contribution in [-0.2, 0) is 11.8 Å². The molecule has 0 atom stereocenters. The van der Waals surface area contributed by atoms with Crippen molar-refractivity contribution in [2.24, 2.45) is 7.05 Å². The zero-order valence-electron chi connectivity index (χ0n) is 14.0. The summed E-state index contributed by atoms with van der Waals surface area (Å²) < 4.78 is 8.23. The highest BCUT2D eigenvalue weighted by Gasteiger charge is 2.15. The molecule has 3 heterocycles. The lowest BCUT2D eigenvalue weighted by molar-refractivity contribution is 0.0518. The van der Waals surface area contributed by atoms with Crippen molar-refractivity contribution < 1.29 is 9.53 Å². The van der Waals surface area contributed by atoms with Gasteiger partial charge in [-0.15, -0.1) is 0 Å². The second-order valence-electron chi connectivity index (χ2n) is 5.66. The molecule has 1 fully saturated rings. The number of ether oxygens (including phenoxy) is 1. The largest absolute Gasteiger partial charge is 0.461 e. The van der Waals surface area contributed by atoms with Crippen molar-refractivity contribution in [1.82, 2.24) is 24.5 Å². The third-order valence-electron chi connectivity index (χ3n) is 3.88. The van der Waals surface area contributed by atoms with Crippen molar-refractivity contribution >= 4 is 5.97 Å². The van der Waals surface area contributed by atoms with Crippen molar-refractivity contribution in [2.75, 3.05) is 26.2 Å². The molecule has 0 aromatic carbocycles. The number of esters is 1. The first-order chi connectivity index (χ1) is 11.7. The molecule has 0 radical (unpaired) electrons. The highest BCUT2D eigenvalue weighted by molar-refractivity contribution is 5.87. The maximum absolute atomic E-state index is 11.8. The Balaban J connectivity index is 1.71. The highest BCUT2D eigenvalue weighted by atomic mass is 16.5. The SMILES string of the molecule is CCOC(=O)c1cc(-n2ccc(C#CCN3CCCC3)n2)n(C)n1. The monoisotopic (exact) mass is 327 g/mol. The zero-order valence-corrected chi connectivity index (χ0v) is 14.0. The first kappa shape index (κ1) is 16.3. The van der Waals surface area contributed by atoms with Crippen LogP contribution in [0, 0.1) is 11.8 Å². The lowest BCUT2D eigenvalue weighted by Gasteiger charge is -2.08. The second kappa shape index (κ2) is 7.32. The number of nitrogens with zero attached hydrogens (tertiary/aromatic N) is 5. The van der Waals surface area contributed by atoms with Gasteiger partial charge < -0.3 is 4.74 Å². The van der Waals surface area contributed by atoms with Gasteiger partial charge >= 0.3 is 5.97 Å². The zero-order chi connectivity index (χ0) is 16.9. The van der Waals surface area contributed by atoms with E-state index in [9.17, 15) is 4.79 Å². The van der Waals surface area contributed by atoms with E-state index in [1.807, 2.05) is 12.3 Å². The topological polar surface area (TPSA) is 65.2 Å². The van der Waals surface area contributed by atoms with Crippen LogP contribution in [0.3, 0.4) is 0 Å². The Bertz CT molecular complexity index is 774. The molecule has 1 saturated heterocycles. The lowest BCUT2D eigenvalue weighted by Crippen LogP contribution is -2.18. The van der Waals surface area contributed by atoms with Gasteiger partial charge in [0.15, 0.2) is 11.5 Å². The Hall–Kier alpha value is -2.59. The van der Waals surface area contributed by atoms with Gasteiger partial charge in [0.2, 0.25) is 0 Å². The summed E-state index contributed by atoms with van der Waals surface area (Å²) in [6.07, 6.45) is 4.34. The van der Waals surface area contributed by atoms with Crippen LogP contribution in [0.2, 0.25) is 0 Å². The molecule has 2 aromatic heterocycles. The standard InChI is InChI=1S/C17H21N5O2/c1-3-24-17(23)15-13-16(20(2)19-15)22-12-8-14(18-22)7-6-11-21-9-4-5-10-21/h8,12-13H,3-5,9-11H2,1-2H3. The molecular weight excluding hydrogens is 306 g/mol. The molecule has 2 aromatic rings. The number of hydrogen-bond acceptors (Lipinski definition) is 5. The second-order valence-corrected chi connectivity index (χ2v) is 5.66. The molecule has 0 saturated carbocycles. The van der Waals surface area contributed by atoms with Gasteiger partial charge in [-0.25, -0.2) is 9.48 Å². The predicted molar refractivity (Wildman–Crippen MR) is 88.8 cm³/mol. The van der Waals surface area contributed by atoms with Gasteiger partial charge in [0, 0.05) is 19.3 Å². The van der Waals surface area contributed by atoms with Crippen LogP contribution in [0.1, 0.15) is 35.9 Å². The molecule has 0 bridgehead atoms. The van der Waals surface area contributed by atoms with Crippen molar-refractivity contribution in [2.45, 2.75) is 19.8 Å². The van der Waals surface area contributed by atoms with E-state index in [1.165, 1.54) is 12.8 Å². The van der Waals surface area contributed by atoms with Crippen molar-refractivity contribution in [3.63, 3.8) is 0 Å².